The normalized spacial score (nSPS) is 15.3. The summed E-state index contributed by atoms with van der Waals surface area (Å²) in [5.74, 6) is -0.711. The SMILES string of the molecule is C=CC(=O)Nc1ccc(O)c(C(=O)N2CCC(OCC)CC2)c1. The average molecular weight is 318 g/mol. The van der Waals surface area contributed by atoms with E-state index in [-0.39, 0.29) is 29.2 Å². The number of rotatable bonds is 5. The molecule has 0 saturated carbocycles. The van der Waals surface area contributed by atoms with E-state index >= 15 is 0 Å². The van der Waals surface area contributed by atoms with Crippen LogP contribution in [0.5, 0.6) is 5.75 Å². The van der Waals surface area contributed by atoms with Crippen LogP contribution < -0.4 is 5.32 Å². The molecular weight excluding hydrogens is 296 g/mol. The van der Waals surface area contributed by atoms with Crippen LogP contribution in [0.3, 0.4) is 0 Å². The van der Waals surface area contributed by atoms with E-state index in [4.69, 9.17) is 4.74 Å². The third-order valence-electron chi connectivity index (χ3n) is 3.81. The van der Waals surface area contributed by atoms with Crippen molar-refractivity contribution in [3.05, 3.63) is 36.4 Å². The number of nitrogens with one attached hydrogen (secondary N) is 1. The molecule has 124 valence electrons. The first-order valence-corrected chi connectivity index (χ1v) is 7.72. The monoisotopic (exact) mass is 318 g/mol. The van der Waals surface area contributed by atoms with Gasteiger partial charge in [-0.15, -0.1) is 0 Å². The summed E-state index contributed by atoms with van der Waals surface area (Å²) >= 11 is 0. The van der Waals surface area contributed by atoms with Crippen LogP contribution >= 0.6 is 0 Å². The van der Waals surface area contributed by atoms with E-state index < -0.39 is 0 Å². The summed E-state index contributed by atoms with van der Waals surface area (Å²) in [5, 5.41) is 12.5. The third kappa shape index (κ3) is 4.32. The van der Waals surface area contributed by atoms with Crippen molar-refractivity contribution in [3.63, 3.8) is 0 Å². The highest BCUT2D eigenvalue weighted by molar-refractivity contribution is 6.02. The first-order valence-electron chi connectivity index (χ1n) is 7.72. The summed E-state index contributed by atoms with van der Waals surface area (Å²) in [6.07, 6.45) is 2.91. The molecule has 1 aromatic rings. The maximum Gasteiger partial charge on any atom is 0.257 e. The highest BCUT2D eigenvalue weighted by Crippen LogP contribution is 2.25. The highest BCUT2D eigenvalue weighted by atomic mass is 16.5. The second-order valence-corrected chi connectivity index (χ2v) is 5.37. The standard InChI is InChI=1S/C17H22N2O4/c1-3-16(21)18-12-5-6-15(20)14(11-12)17(22)19-9-7-13(8-10-19)23-4-2/h3,5-6,11,13,20H,1,4,7-10H2,2H3,(H,18,21). The fourth-order valence-corrected chi connectivity index (χ4v) is 2.61. The van der Waals surface area contributed by atoms with Gasteiger partial charge in [0.25, 0.3) is 5.91 Å². The van der Waals surface area contributed by atoms with Gasteiger partial charge in [-0.3, -0.25) is 9.59 Å². The van der Waals surface area contributed by atoms with Crippen LogP contribution in [0.4, 0.5) is 5.69 Å². The van der Waals surface area contributed by atoms with Crippen LogP contribution in [0.25, 0.3) is 0 Å². The first-order chi connectivity index (χ1) is 11.0. The van der Waals surface area contributed by atoms with Crippen LogP contribution in [-0.4, -0.2) is 47.6 Å². The van der Waals surface area contributed by atoms with Gasteiger partial charge < -0.3 is 20.1 Å². The molecule has 0 radical (unpaired) electrons. The van der Waals surface area contributed by atoms with Crippen molar-refractivity contribution >= 4 is 17.5 Å². The molecule has 2 amide bonds. The summed E-state index contributed by atoms with van der Waals surface area (Å²) in [7, 11) is 0. The molecule has 0 bridgehead atoms. The lowest BCUT2D eigenvalue weighted by molar-refractivity contribution is -0.111. The number of piperidine rings is 1. The summed E-state index contributed by atoms with van der Waals surface area (Å²) in [6, 6.07) is 4.42. The molecule has 1 saturated heterocycles. The van der Waals surface area contributed by atoms with Gasteiger partial charge in [-0.2, -0.15) is 0 Å². The van der Waals surface area contributed by atoms with Crippen LogP contribution in [0, 0.1) is 0 Å². The van der Waals surface area contributed by atoms with Gasteiger partial charge in [0, 0.05) is 25.4 Å². The number of nitrogens with zero attached hydrogens (tertiary/aromatic N) is 1. The van der Waals surface area contributed by atoms with E-state index in [1.54, 1.807) is 4.90 Å². The molecule has 0 atom stereocenters. The van der Waals surface area contributed by atoms with Crippen LogP contribution in [0.1, 0.15) is 30.1 Å². The number of phenols is 1. The van der Waals surface area contributed by atoms with Crippen molar-refractivity contribution in [2.75, 3.05) is 25.0 Å². The fourth-order valence-electron chi connectivity index (χ4n) is 2.61. The molecule has 1 fully saturated rings. The predicted molar refractivity (Wildman–Crippen MR) is 87.5 cm³/mol. The molecule has 0 spiro atoms. The van der Waals surface area contributed by atoms with Gasteiger partial charge in [0.1, 0.15) is 5.75 Å². The molecule has 1 aromatic carbocycles. The topological polar surface area (TPSA) is 78.9 Å². The Hall–Kier alpha value is -2.34. The molecule has 0 aromatic heterocycles. The maximum atomic E-state index is 12.6. The van der Waals surface area contributed by atoms with Gasteiger partial charge in [0.15, 0.2) is 0 Å². The van der Waals surface area contributed by atoms with Gasteiger partial charge in [0.2, 0.25) is 5.91 Å². The lowest BCUT2D eigenvalue weighted by Crippen LogP contribution is -2.40. The number of benzene rings is 1. The molecule has 0 aliphatic carbocycles. The van der Waals surface area contributed by atoms with Crippen molar-refractivity contribution < 1.29 is 19.4 Å². The van der Waals surface area contributed by atoms with Crippen molar-refractivity contribution in [1.29, 1.82) is 0 Å². The second-order valence-electron chi connectivity index (χ2n) is 5.37. The Labute approximate surface area is 135 Å². The number of amides is 2. The summed E-state index contributed by atoms with van der Waals surface area (Å²) in [5.41, 5.74) is 0.627. The van der Waals surface area contributed by atoms with E-state index in [1.807, 2.05) is 6.92 Å². The Kier molecular flexibility index (Phi) is 5.76. The van der Waals surface area contributed by atoms with Gasteiger partial charge in [0.05, 0.1) is 11.7 Å². The minimum atomic E-state index is -0.369. The Morgan fingerprint density at radius 2 is 2.13 bits per heavy atom. The number of likely N-dealkylation sites (tertiary alicyclic amines) is 1. The smallest absolute Gasteiger partial charge is 0.257 e. The van der Waals surface area contributed by atoms with Crippen molar-refractivity contribution in [2.45, 2.75) is 25.9 Å². The van der Waals surface area contributed by atoms with Crippen LogP contribution in [-0.2, 0) is 9.53 Å². The highest BCUT2D eigenvalue weighted by Gasteiger charge is 2.25. The predicted octanol–water partition coefficient (Wildman–Crippen LogP) is 2.16. The molecule has 1 aliphatic heterocycles. The first kappa shape index (κ1) is 17.0. The van der Waals surface area contributed by atoms with E-state index in [0.29, 0.717) is 25.4 Å². The molecular formula is C17H22N2O4. The maximum absolute atomic E-state index is 12.6. The van der Waals surface area contributed by atoms with E-state index in [1.165, 1.54) is 18.2 Å². The van der Waals surface area contributed by atoms with Crippen molar-refractivity contribution in [1.82, 2.24) is 4.90 Å². The number of carbonyl (C=O) groups excluding carboxylic acids is 2. The number of aromatic hydroxyl groups is 1. The second kappa shape index (κ2) is 7.78. The summed E-state index contributed by atoms with van der Waals surface area (Å²) < 4.78 is 5.57. The number of ether oxygens (including phenoxy) is 1. The number of carbonyl (C=O) groups is 2. The minimum Gasteiger partial charge on any atom is -0.507 e. The molecule has 2 N–H and O–H groups in total. The van der Waals surface area contributed by atoms with Gasteiger partial charge in [-0.05, 0) is 44.0 Å². The number of anilines is 1. The molecule has 1 aliphatic rings. The summed E-state index contributed by atoms with van der Waals surface area (Å²) in [4.78, 5) is 25.6. The van der Waals surface area contributed by atoms with E-state index in [9.17, 15) is 14.7 Å². The van der Waals surface area contributed by atoms with Crippen molar-refractivity contribution in [3.8, 4) is 5.75 Å². The van der Waals surface area contributed by atoms with Crippen molar-refractivity contribution in [2.24, 2.45) is 0 Å². The molecule has 1 heterocycles. The van der Waals surface area contributed by atoms with E-state index in [0.717, 1.165) is 18.9 Å². The summed E-state index contributed by atoms with van der Waals surface area (Å²) in [6.45, 7) is 7.19. The number of hydrogen-bond donors (Lipinski definition) is 2. The van der Waals surface area contributed by atoms with Gasteiger partial charge in [-0.1, -0.05) is 6.58 Å². The number of phenolic OH excluding ortho intramolecular Hbond substituents is 1. The Bertz CT molecular complexity index is 592. The average Bonchev–Trinajstić information content (AvgIpc) is 2.57. The number of hydrogen-bond acceptors (Lipinski definition) is 4. The molecule has 6 heteroatoms. The zero-order valence-electron chi connectivity index (χ0n) is 13.2. The van der Waals surface area contributed by atoms with Gasteiger partial charge >= 0.3 is 0 Å². The minimum absolute atomic E-state index is 0.0986. The molecule has 0 unspecified atom stereocenters. The molecule has 2 rings (SSSR count). The van der Waals surface area contributed by atoms with Crippen LogP contribution in [0.15, 0.2) is 30.9 Å². The zero-order valence-corrected chi connectivity index (χ0v) is 13.2. The van der Waals surface area contributed by atoms with Gasteiger partial charge in [-0.25, -0.2) is 0 Å². The lowest BCUT2D eigenvalue weighted by Gasteiger charge is -2.32. The molecule has 6 nitrogen and oxygen atoms in total. The third-order valence-corrected chi connectivity index (χ3v) is 3.81. The largest absolute Gasteiger partial charge is 0.507 e. The Balaban J connectivity index is 2.08. The molecule has 23 heavy (non-hydrogen) atoms. The fraction of sp³-hybridized carbons (Fsp3) is 0.412. The Morgan fingerprint density at radius 1 is 1.43 bits per heavy atom. The van der Waals surface area contributed by atoms with E-state index in [2.05, 4.69) is 11.9 Å². The zero-order chi connectivity index (χ0) is 16.8. The Morgan fingerprint density at radius 3 is 2.74 bits per heavy atom. The lowest BCUT2D eigenvalue weighted by atomic mass is 10.1. The quantitative estimate of drug-likeness (QED) is 0.644. The van der Waals surface area contributed by atoms with Crippen LogP contribution in [0.2, 0.25) is 0 Å².